The number of amides is 2. The van der Waals surface area contributed by atoms with Crippen LogP contribution in [-0.2, 0) is 19.6 Å². The van der Waals surface area contributed by atoms with Crippen LogP contribution in [0.5, 0.6) is 0 Å². The number of halogens is 1. The number of hydrogen-bond acceptors (Lipinski definition) is 7. The van der Waals surface area contributed by atoms with Gasteiger partial charge in [0, 0.05) is 36.3 Å². The number of benzene rings is 2. The molecule has 11 heteroatoms. The van der Waals surface area contributed by atoms with Crippen molar-refractivity contribution in [1.82, 2.24) is 14.9 Å². The second kappa shape index (κ2) is 10.4. The Kier molecular flexibility index (Phi) is 7.32. The lowest BCUT2D eigenvalue weighted by atomic mass is 9.97. The maximum absolute atomic E-state index is 12.9. The van der Waals surface area contributed by atoms with E-state index >= 15 is 0 Å². The third-order valence-corrected chi connectivity index (χ3v) is 7.32. The van der Waals surface area contributed by atoms with Gasteiger partial charge in [0.2, 0.25) is 11.8 Å². The van der Waals surface area contributed by atoms with Gasteiger partial charge in [-0.2, -0.15) is 0 Å². The number of carbonyl (C=O) groups is 2. The Hall–Kier alpha value is -3.50. The van der Waals surface area contributed by atoms with E-state index in [9.17, 15) is 18.0 Å². The summed E-state index contributed by atoms with van der Waals surface area (Å²) in [5.74, 6) is -0.386. The number of sulfonamides is 1. The average Bonchev–Trinajstić information content (AvgIpc) is 2.84. The summed E-state index contributed by atoms with van der Waals surface area (Å²) < 4.78 is 26.0. The van der Waals surface area contributed by atoms with Gasteiger partial charge in [0.1, 0.15) is 0 Å². The maximum atomic E-state index is 12.9. The minimum Gasteiger partial charge on any atom is -0.354 e. The molecule has 1 fully saturated rings. The molecule has 182 valence electrons. The van der Waals surface area contributed by atoms with Crippen molar-refractivity contribution in [3.8, 4) is 11.3 Å². The third kappa shape index (κ3) is 6.14. The van der Waals surface area contributed by atoms with Crippen molar-refractivity contribution in [1.29, 1.82) is 0 Å². The summed E-state index contributed by atoms with van der Waals surface area (Å²) in [4.78, 5) is 25.9. The highest BCUT2D eigenvalue weighted by atomic mass is 35.5. The van der Waals surface area contributed by atoms with E-state index in [2.05, 4.69) is 15.5 Å². The number of anilines is 2. The molecular weight excluding hydrogens is 490 g/mol. The van der Waals surface area contributed by atoms with Crippen LogP contribution < -0.4 is 14.9 Å². The first kappa shape index (κ1) is 24.6. The fraction of sp³-hybridized carbons (Fsp3) is 0.250. The number of nitrogens with zero attached hydrogens (tertiary/aromatic N) is 3. The number of nitrogens with one attached hydrogen (secondary N) is 2. The lowest BCUT2D eigenvalue weighted by Crippen LogP contribution is -2.41. The molecule has 2 N–H and O–H groups in total. The predicted molar refractivity (Wildman–Crippen MR) is 133 cm³/mol. The van der Waals surface area contributed by atoms with Crippen LogP contribution in [0.2, 0.25) is 5.02 Å². The minimum atomic E-state index is -3.92. The zero-order valence-electron chi connectivity index (χ0n) is 18.9. The Labute approximate surface area is 208 Å². The van der Waals surface area contributed by atoms with Crippen LogP contribution in [0.4, 0.5) is 11.5 Å². The van der Waals surface area contributed by atoms with Gasteiger partial charge in [0.25, 0.3) is 10.0 Å². The third-order valence-electron chi connectivity index (χ3n) is 5.62. The van der Waals surface area contributed by atoms with Crippen LogP contribution >= 0.6 is 11.6 Å². The highest BCUT2D eigenvalue weighted by molar-refractivity contribution is 7.90. The van der Waals surface area contributed by atoms with Crippen LogP contribution in [0.3, 0.4) is 0 Å². The topological polar surface area (TPSA) is 121 Å². The number of rotatable bonds is 6. The number of aromatic nitrogens is 2. The maximum Gasteiger partial charge on any atom is 0.264 e. The summed E-state index contributed by atoms with van der Waals surface area (Å²) in [5, 5.41) is 12.2. The molecule has 0 saturated carbocycles. The SMILES string of the molecule is CC(=O)NS(=O)(=O)c1ccc(NC(=O)C2CCCN(c3ccc(-c4ccc(Cl)cc4)nn3)C2)cc1. The molecule has 9 nitrogen and oxygen atoms in total. The van der Waals surface area contributed by atoms with Gasteiger partial charge in [0.15, 0.2) is 5.82 Å². The van der Waals surface area contributed by atoms with E-state index in [1.165, 1.54) is 24.3 Å². The fourth-order valence-corrected chi connectivity index (χ4v) is 4.99. The average molecular weight is 514 g/mol. The van der Waals surface area contributed by atoms with Gasteiger partial charge in [0.05, 0.1) is 16.5 Å². The Morgan fingerprint density at radius 1 is 1.00 bits per heavy atom. The summed E-state index contributed by atoms with van der Waals surface area (Å²) in [6, 6.07) is 16.8. The molecule has 2 heterocycles. The molecule has 1 atom stereocenters. The van der Waals surface area contributed by atoms with E-state index in [0.29, 0.717) is 23.1 Å². The molecule has 1 unspecified atom stereocenters. The number of piperidine rings is 1. The summed E-state index contributed by atoms with van der Waals surface area (Å²) in [6.07, 6.45) is 1.56. The molecule has 0 aliphatic carbocycles. The summed E-state index contributed by atoms with van der Waals surface area (Å²) in [6.45, 7) is 2.39. The number of hydrogen-bond donors (Lipinski definition) is 2. The van der Waals surface area contributed by atoms with Crippen molar-refractivity contribution in [3.63, 3.8) is 0 Å². The lowest BCUT2D eigenvalue weighted by molar-refractivity contribution is -0.120. The van der Waals surface area contributed by atoms with Gasteiger partial charge in [-0.1, -0.05) is 23.7 Å². The summed E-state index contributed by atoms with van der Waals surface area (Å²) in [5.41, 5.74) is 2.13. The van der Waals surface area contributed by atoms with Crippen molar-refractivity contribution < 1.29 is 18.0 Å². The lowest BCUT2D eigenvalue weighted by Gasteiger charge is -2.32. The monoisotopic (exact) mass is 513 g/mol. The van der Waals surface area contributed by atoms with E-state index in [1.807, 2.05) is 33.9 Å². The molecule has 0 bridgehead atoms. The molecule has 1 aliphatic rings. The number of carbonyl (C=O) groups excluding carboxylic acids is 2. The molecule has 0 radical (unpaired) electrons. The largest absolute Gasteiger partial charge is 0.354 e. The van der Waals surface area contributed by atoms with Crippen LogP contribution in [0, 0.1) is 5.92 Å². The Morgan fingerprint density at radius 3 is 2.34 bits per heavy atom. The van der Waals surface area contributed by atoms with Gasteiger partial charge in [-0.3, -0.25) is 9.59 Å². The fourth-order valence-electron chi connectivity index (χ4n) is 3.88. The Bertz CT molecular complexity index is 1310. The second-order valence-corrected chi connectivity index (χ2v) is 10.4. The van der Waals surface area contributed by atoms with Crippen LogP contribution in [0.1, 0.15) is 19.8 Å². The molecule has 1 aliphatic heterocycles. The van der Waals surface area contributed by atoms with E-state index in [1.54, 1.807) is 12.1 Å². The smallest absolute Gasteiger partial charge is 0.264 e. The highest BCUT2D eigenvalue weighted by Crippen LogP contribution is 2.25. The molecular formula is C24H24ClN5O4S. The zero-order chi connectivity index (χ0) is 25.0. The molecule has 3 aromatic rings. The van der Waals surface area contributed by atoms with Crippen molar-refractivity contribution in [2.24, 2.45) is 5.92 Å². The van der Waals surface area contributed by atoms with Gasteiger partial charge in [-0.05, 0) is 61.4 Å². The van der Waals surface area contributed by atoms with E-state index in [0.717, 1.165) is 37.6 Å². The molecule has 4 rings (SSSR count). The molecule has 0 spiro atoms. The quantitative estimate of drug-likeness (QED) is 0.517. The van der Waals surface area contributed by atoms with E-state index < -0.39 is 15.9 Å². The minimum absolute atomic E-state index is 0.0600. The van der Waals surface area contributed by atoms with Crippen LogP contribution in [-0.4, -0.2) is 43.5 Å². The van der Waals surface area contributed by atoms with E-state index in [4.69, 9.17) is 11.6 Å². The summed E-state index contributed by atoms with van der Waals surface area (Å²) in [7, 11) is -3.92. The first-order valence-electron chi connectivity index (χ1n) is 11.0. The van der Waals surface area contributed by atoms with E-state index in [-0.39, 0.29) is 16.7 Å². The highest BCUT2D eigenvalue weighted by Gasteiger charge is 2.27. The first-order chi connectivity index (χ1) is 16.7. The summed E-state index contributed by atoms with van der Waals surface area (Å²) >= 11 is 5.94. The first-order valence-corrected chi connectivity index (χ1v) is 12.9. The van der Waals surface area contributed by atoms with Crippen molar-refractivity contribution in [3.05, 3.63) is 65.7 Å². The molecule has 2 amide bonds. The van der Waals surface area contributed by atoms with Crippen LogP contribution in [0.15, 0.2) is 65.6 Å². The van der Waals surface area contributed by atoms with Crippen LogP contribution in [0.25, 0.3) is 11.3 Å². The molecule has 35 heavy (non-hydrogen) atoms. The van der Waals surface area contributed by atoms with Crippen molar-refractivity contribution in [2.45, 2.75) is 24.7 Å². The van der Waals surface area contributed by atoms with Gasteiger partial charge >= 0.3 is 0 Å². The van der Waals surface area contributed by atoms with Gasteiger partial charge in [-0.25, -0.2) is 13.1 Å². The second-order valence-electron chi connectivity index (χ2n) is 8.24. The molecule has 2 aromatic carbocycles. The standard InChI is InChI=1S/C24H24ClN5O4S/c1-16(31)29-35(33,34)21-10-8-20(9-11-21)26-24(32)18-3-2-14-30(15-18)23-13-12-22(27-28-23)17-4-6-19(25)7-5-17/h4-13,18H,2-3,14-15H2,1H3,(H,26,32)(H,29,31). The molecule has 1 saturated heterocycles. The molecule has 1 aromatic heterocycles. The Morgan fingerprint density at radius 2 is 1.71 bits per heavy atom. The van der Waals surface area contributed by atoms with Crippen molar-refractivity contribution in [2.75, 3.05) is 23.3 Å². The zero-order valence-corrected chi connectivity index (χ0v) is 20.5. The van der Waals surface area contributed by atoms with Crippen molar-refractivity contribution >= 4 is 44.9 Å². The van der Waals surface area contributed by atoms with Gasteiger partial charge in [-0.15, -0.1) is 10.2 Å². The Balaban J connectivity index is 1.38. The predicted octanol–water partition coefficient (Wildman–Crippen LogP) is 3.48. The van der Waals surface area contributed by atoms with Gasteiger partial charge < -0.3 is 10.2 Å². The normalized spacial score (nSPS) is 15.9.